The van der Waals surface area contributed by atoms with E-state index in [1.165, 1.54) is 0 Å². The van der Waals surface area contributed by atoms with E-state index in [-0.39, 0.29) is 29.0 Å². The Balaban J connectivity index is 2.10. The fourth-order valence-corrected chi connectivity index (χ4v) is 2.59. The molecule has 0 aromatic heterocycles. The molecule has 2 aromatic carbocycles. The van der Waals surface area contributed by atoms with Gasteiger partial charge in [-0.3, -0.25) is 4.79 Å². The van der Waals surface area contributed by atoms with Crippen LogP contribution in [0, 0.1) is 25.1 Å². The van der Waals surface area contributed by atoms with Crippen LogP contribution in [0.5, 0.6) is 5.75 Å². The Morgan fingerprint density at radius 3 is 2.44 bits per heavy atom. The molecule has 0 N–H and O–H groups in total. The molecule has 0 aliphatic rings. The largest absolute Gasteiger partial charge is 0.484 e. The van der Waals surface area contributed by atoms with Gasteiger partial charge in [0.05, 0.1) is 10.9 Å². The summed E-state index contributed by atoms with van der Waals surface area (Å²) in [5, 5.41) is 0. The van der Waals surface area contributed by atoms with Crippen molar-refractivity contribution in [3.8, 4) is 5.75 Å². The highest BCUT2D eigenvalue weighted by molar-refractivity contribution is 9.10. The number of nitrogens with zero attached hydrogens (tertiary/aromatic N) is 1. The molecule has 130 valence electrons. The lowest BCUT2D eigenvalue weighted by Gasteiger charge is -2.18. The standard InChI is InChI=1S/C19H16BrF2NO2/c1-12-4-6-13(7-5-12)17(24)10-19(2,23-3)11-25-18-9-16(22)15(21)8-14(18)20/h4-9H,10-11H2,1-2H3. The smallest absolute Gasteiger partial charge is 0.270 e. The zero-order chi connectivity index (χ0) is 18.6. The molecule has 0 fully saturated rings. The first-order valence-electron chi connectivity index (χ1n) is 7.50. The molecule has 3 nitrogen and oxygen atoms in total. The normalized spacial score (nSPS) is 13.0. The summed E-state index contributed by atoms with van der Waals surface area (Å²) in [6, 6.07) is 8.96. The predicted octanol–water partition coefficient (Wildman–Crippen LogP) is 5.37. The lowest BCUT2D eigenvalue weighted by atomic mass is 9.93. The maximum atomic E-state index is 13.3. The molecule has 2 rings (SSSR count). The SMILES string of the molecule is [C-]#[N+]C(C)(COc1cc(F)c(F)cc1Br)CC(=O)c1ccc(C)cc1. The van der Waals surface area contributed by atoms with Gasteiger partial charge in [0, 0.05) is 18.6 Å². The minimum atomic E-state index is -1.12. The van der Waals surface area contributed by atoms with Crippen molar-refractivity contribution in [2.24, 2.45) is 0 Å². The van der Waals surface area contributed by atoms with Crippen LogP contribution in [0.1, 0.15) is 29.3 Å². The third kappa shape index (κ3) is 4.86. The van der Waals surface area contributed by atoms with Gasteiger partial charge < -0.3 is 9.58 Å². The molecular formula is C19H16BrF2NO2. The first kappa shape index (κ1) is 19.1. The van der Waals surface area contributed by atoms with Crippen LogP contribution in [0.4, 0.5) is 8.78 Å². The van der Waals surface area contributed by atoms with E-state index in [4.69, 9.17) is 11.3 Å². The first-order chi connectivity index (χ1) is 11.7. The highest BCUT2D eigenvalue weighted by Crippen LogP contribution is 2.29. The van der Waals surface area contributed by atoms with Crippen molar-refractivity contribution < 1.29 is 18.3 Å². The number of aryl methyl sites for hydroxylation is 1. The average Bonchev–Trinajstić information content (AvgIpc) is 2.57. The quantitative estimate of drug-likeness (QED) is 0.366. The van der Waals surface area contributed by atoms with Crippen LogP contribution < -0.4 is 4.74 Å². The van der Waals surface area contributed by atoms with Crippen LogP contribution in [-0.2, 0) is 0 Å². The van der Waals surface area contributed by atoms with Gasteiger partial charge in [-0.1, -0.05) is 29.8 Å². The third-order valence-corrected chi connectivity index (χ3v) is 4.32. The van der Waals surface area contributed by atoms with Crippen LogP contribution in [0.15, 0.2) is 40.9 Å². The van der Waals surface area contributed by atoms with Gasteiger partial charge in [-0.15, -0.1) is 0 Å². The molecule has 0 amide bonds. The second kappa shape index (κ2) is 7.75. The summed E-state index contributed by atoms with van der Waals surface area (Å²) in [4.78, 5) is 15.9. The molecule has 2 aromatic rings. The van der Waals surface area contributed by atoms with Gasteiger partial charge in [0.1, 0.15) is 5.75 Å². The highest BCUT2D eigenvalue weighted by Gasteiger charge is 2.35. The molecule has 0 radical (unpaired) electrons. The van der Waals surface area contributed by atoms with Crippen LogP contribution in [0.25, 0.3) is 4.85 Å². The monoisotopic (exact) mass is 407 g/mol. The number of hydrogen-bond donors (Lipinski definition) is 0. The van der Waals surface area contributed by atoms with Crippen molar-refractivity contribution in [3.05, 3.63) is 75.0 Å². The molecule has 0 aliphatic carbocycles. The van der Waals surface area contributed by atoms with E-state index in [2.05, 4.69) is 20.8 Å². The van der Waals surface area contributed by atoms with E-state index in [9.17, 15) is 13.6 Å². The molecule has 0 saturated heterocycles. The van der Waals surface area contributed by atoms with Crippen LogP contribution >= 0.6 is 15.9 Å². The first-order valence-corrected chi connectivity index (χ1v) is 8.29. The average molecular weight is 408 g/mol. The number of Topliss-reactive ketones (excluding diaryl/α,β-unsaturated/α-hetero) is 1. The zero-order valence-electron chi connectivity index (χ0n) is 13.8. The summed E-state index contributed by atoms with van der Waals surface area (Å²) in [5.41, 5.74) is 0.442. The molecule has 1 unspecified atom stereocenters. The number of halogens is 3. The van der Waals surface area contributed by atoms with Gasteiger partial charge in [-0.2, -0.15) is 0 Å². The molecule has 0 saturated carbocycles. The van der Waals surface area contributed by atoms with Gasteiger partial charge in [0.2, 0.25) is 0 Å². The van der Waals surface area contributed by atoms with Crippen molar-refractivity contribution in [3.63, 3.8) is 0 Å². The third-order valence-electron chi connectivity index (χ3n) is 3.70. The molecule has 0 bridgehead atoms. The molecule has 0 heterocycles. The summed E-state index contributed by atoms with van der Waals surface area (Å²) in [6.45, 7) is 10.8. The molecule has 0 spiro atoms. The van der Waals surface area contributed by atoms with Gasteiger partial charge in [-0.05, 0) is 28.9 Å². The topological polar surface area (TPSA) is 30.7 Å². The predicted molar refractivity (Wildman–Crippen MR) is 94.7 cm³/mol. The maximum Gasteiger partial charge on any atom is 0.270 e. The Kier molecular flexibility index (Phi) is 5.91. The summed E-state index contributed by atoms with van der Waals surface area (Å²) in [5.74, 6) is -2.14. The van der Waals surface area contributed by atoms with E-state index in [0.717, 1.165) is 17.7 Å². The van der Waals surface area contributed by atoms with Crippen molar-refractivity contribution in [1.82, 2.24) is 0 Å². The zero-order valence-corrected chi connectivity index (χ0v) is 15.4. The van der Waals surface area contributed by atoms with Crippen molar-refractivity contribution in [2.75, 3.05) is 6.61 Å². The fraction of sp³-hybridized carbons (Fsp3) is 0.263. The Bertz CT molecular complexity index is 831. The van der Waals surface area contributed by atoms with Gasteiger partial charge in [-0.25, -0.2) is 15.4 Å². The summed E-state index contributed by atoms with van der Waals surface area (Å²) in [7, 11) is 0. The van der Waals surface area contributed by atoms with E-state index in [1.807, 2.05) is 19.1 Å². The molecule has 0 aliphatic heterocycles. The van der Waals surface area contributed by atoms with E-state index in [0.29, 0.717) is 5.56 Å². The number of carbonyl (C=O) groups excluding carboxylic acids is 1. The van der Waals surface area contributed by atoms with Crippen molar-refractivity contribution >= 4 is 21.7 Å². The number of ketones is 1. The summed E-state index contributed by atoms with van der Waals surface area (Å²) >= 11 is 3.09. The second-order valence-electron chi connectivity index (χ2n) is 6.06. The Morgan fingerprint density at radius 1 is 1.24 bits per heavy atom. The van der Waals surface area contributed by atoms with Gasteiger partial charge in [0.25, 0.3) is 5.54 Å². The second-order valence-corrected chi connectivity index (χ2v) is 6.91. The van der Waals surface area contributed by atoms with Crippen LogP contribution in [0.3, 0.4) is 0 Å². The number of hydrogen-bond acceptors (Lipinski definition) is 2. The van der Waals surface area contributed by atoms with E-state index < -0.39 is 17.2 Å². The van der Waals surface area contributed by atoms with Crippen LogP contribution in [-0.4, -0.2) is 17.9 Å². The molecule has 25 heavy (non-hydrogen) atoms. The number of carbonyl (C=O) groups is 1. The fourth-order valence-electron chi connectivity index (χ4n) is 2.16. The van der Waals surface area contributed by atoms with Gasteiger partial charge >= 0.3 is 0 Å². The molecule has 6 heteroatoms. The van der Waals surface area contributed by atoms with Gasteiger partial charge in [0.15, 0.2) is 24.0 Å². The summed E-state index contributed by atoms with van der Waals surface area (Å²) in [6.07, 6.45) is -0.0408. The maximum absolute atomic E-state index is 13.3. The Hall–Kier alpha value is -2.26. The van der Waals surface area contributed by atoms with E-state index >= 15 is 0 Å². The van der Waals surface area contributed by atoms with Crippen molar-refractivity contribution in [1.29, 1.82) is 0 Å². The number of ether oxygens (including phenoxy) is 1. The Morgan fingerprint density at radius 2 is 1.84 bits per heavy atom. The molecule has 1 atom stereocenters. The highest BCUT2D eigenvalue weighted by atomic mass is 79.9. The Labute approximate surface area is 153 Å². The minimum absolute atomic E-state index is 0.0408. The number of rotatable bonds is 6. The number of benzene rings is 2. The van der Waals surface area contributed by atoms with Crippen LogP contribution in [0.2, 0.25) is 0 Å². The molecular weight excluding hydrogens is 392 g/mol. The summed E-state index contributed by atoms with van der Waals surface area (Å²) < 4.78 is 32.2. The van der Waals surface area contributed by atoms with E-state index in [1.54, 1.807) is 19.1 Å². The lowest BCUT2D eigenvalue weighted by molar-refractivity contribution is 0.0947. The lowest BCUT2D eigenvalue weighted by Crippen LogP contribution is -2.32. The van der Waals surface area contributed by atoms with Crippen molar-refractivity contribution in [2.45, 2.75) is 25.8 Å². The minimum Gasteiger partial charge on any atom is -0.484 e.